The molecule has 0 heterocycles. The molecule has 0 aromatic rings. The maximum absolute atomic E-state index is 12.3. The highest BCUT2D eigenvalue weighted by atomic mass is 35.7. The molecule has 0 aliphatic rings. The van der Waals surface area contributed by atoms with Crippen molar-refractivity contribution in [3.63, 3.8) is 0 Å². The molecule has 0 radical (unpaired) electrons. The van der Waals surface area contributed by atoms with E-state index in [4.69, 9.17) is 22.2 Å². The van der Waals surface area contributed by atoms with Crippen LogP contribution in [-0.2, 0) is 4.43 Å². The summed E-state index contributed by atoms with van der Waals surface area (Å²) in [4.78, 5) is 0. The van der Waals surface area contributed by atoms with Gasteiger partial charge in [0.1, 0.15) is 0 Å². The number of hydrogen-bond acceptors (Lipinski definition) is 1. The molecule has 7 heteroatoms. The third kappa shape index (κ3) is 3.46. The Bertz CT molecular complexity index is 169. The van der Waals surface area contributed by atoms with E-state index < -0.39 is 18.5 Å². The van der Waals surface area contributed by atoms with Gasteiger partial charge in [-0.2, -0.15) is 8.78 Å². The monoisotopic (exact) mass is 224 g/mol. The molecule has 0 rings (SSSR count). The molecular weight excluding hydrogens is 220 g/mol. The van der Waals surface area contributed by atoms with E-state index in [1.165, 1.54) is 6.92 Å². The van der Waals surface area contributed by atoms with Crippen LogP contribution in [0.3, 0.4) is 0 Å². The molecule has 1 nitrogen and oxygen atoms in total. The first-order valence-electron chi connectivity index (χ1n) is 2.64. The number of halogens is 5. The van der Waals surface area contributed by atoms with Crippen molar-refractivity contribution >= 4 is 29.1 Å². The Morgan fingerprint density at radius 1 is 1.36 bits per heavy atom. The zero-order valence-corrected chi connectivity index (χ0v) is 8.02. The molecule has 0 N–H and O–H groups in total. The Balaban J connectivity index is 4.42. The summed E-state index contributed by atoms with van der Waals surface area (Å²) in [6.07, 6.45) is -2.52. The minimum atomic E-state index is -3.96. The average molecular weight is 225 g/mol. The lowest BCUT2D eigenvalue weighted by Gasteiger charge is -2.11. The van der Waals surface area contributed by atoms with Gasteiger partial charge in [0.05, 0.1) is 0 Å². The van der Waals surface area contributed by atoms with E-state index in [2.05, 4.69) is 4.43 Å². The number of rotatable bonds is 3. The molecule has 0 saturated carbocycles. The van der Waals surface area contributed by atoms with Gasteiger partial charge in [-0.05, 0) is 6.92 Å². The van der Waals surface area contributed by atoms with Crippen molar-refractivity contribution in [1.29, 1.82) is 0 Å². The second-order valence-electron chi connectivity index (χ2n) is 1.52. The van der Waals surface area contributed by atoms with Crippen LogP contribution >= 0.6 is 22.2 Å². The van der Waals surface area contributed by atoms with Crippen molar-refractivity contribution in [2.24, 2.45) is 0 Å². The van der Waals surface area contributed by atoms with E-state index in [0.29, 0.717) is 0 Å². The standard InChI is InChI=1S/C4H5Cl2F3OSi/c1-2-10-11(5,6)4(9)3(7)8/h2H2,1H3. The molecule has 0 aliphatic heterocycles. The van der Waals surface area contributed by atoms with Crippen LogP contribution in [0.5, 0.6) is 0 Å². The third-order valence-electron chi connectivity index (χ3n) is 0.747. The summed E-state index contributed by atoms with van der Waals surface area (Å²) in [6, 6.07) is 0. The lowest BCUT2D eigenvalue weighted by molar-refractivity contribution is 0.333. The van der Waals surface area contributed by atoms with Gasteiger partial charge in [0.2, 0.25) is 5.45 Å². The van der Waals surface area contributed by atoms with Gasteiger partial charge in [0.15, 0.2) is 0 Å². The van der Waals surface area contributed by atoms with Crippen LogP contribution in [0.15, 0.2) is 11.5 Å². The normalized spacial score (nSPS) is 11.5. The van der Waals surface area contributed by atoms with E-state index in [1.807, 2.05) is 0 Å². The quantitative estimate of drug-likeness (QED) is 0.529. The van der Waals surface area contributed by atoms with E-state index in [-0.39, 0.29) is 6.61 Å². The summed E-state index contributed by atoms with van der Waals surface area (Å²) in [5.74, 6) is 0. The zero-order valence-electron chi connectivity index (χ0n) is 5.51. The number of hydrogen-bond donors (Lipinski definition) is 0. The fourth-order valence-corrected chi connectivity index (χ4v) is 2.15. The van der Waals surface area contributed by atoms with Gasteiger partial charge >= 0.3 is 13.0 Å². The van der Waals surface area contributed by atoms with Gasteiger partial charge < -0.3 is 4.43 Å². The molecule has 0 saturated heterocycles. The van der Waals surface area contributed by atoms with Crippen molar-refractivity contribution in [3.8, 4) is 0 Å². The fourth-order valence-electron chi connectivity index (χ4n) is 0.355. The largest absolute Gasteiger partial charge is 0.459 e. The van der Waals surface area contributed by atoms with Crippen molar-refractivity contribution < 1.29 is 17.6 Å². The molecule has 0 fully saturated rings. The second kappa shape index (κ2) is 4.35. The maximum Gasteiger partial charge on any atom is 0.459 e. The van der Waals surface area contributed by atoms with Gasteiger partial charge in [-0.15, -0.1) is 22.2 Å². The van der Waals surface area contributed by atoms with E-state index in [1.54, 1.807) is 0 Å². The predicted octanol–water partition coefficient (Wildman–Crippen LogP) is 3.06. The second-order valence-corrected chi connectivity index (χ2v) is 7.06. The van der Waals surface area contributed by atoms with Crippen LogP contribution < -0.4 is 0 Å². The Kier molecular flexibility index (Phi) is 4.46. The van der Waals surface area contributed by atoms with Crippen molar-refractivity contribution in [2.75, 3.05) is 6.61 Å². The highest BCUT2D eigenvalue weighted by Gasteiger charge is 2.40. The molecular formula is C4H5Cl2F3OSi. The molecule has 0 unspecified atom stereocenters. The molecule has 0 aromatic heterocycles. The Labute approximate surface area is 72.3 Å². The van der Waals surface area contributed by atoms with E-state index in [9.17, 15) is 13.2 Å². The Morgan fingerprint density at radius 3 is 2.09 bits per heavy atom. The van der Waals surface area contributed by atoms with Crippen molar-refractivity contribution in [2.45, 2.75) is 6.92 Å². The van der Waals surface area contributed by atoms with Crippen molar-refractivity contribution in [1.82, 2.24) is 0 Å². The van der Waals surface area contributed by atoms with Crippen LogP contribution in [0, 0.1) is 0 Å². The first-order chi connectivity index (χ1) is 4.91. The fraction of sp³-hybridized carbons (Fsp3) is 0.500. The SMILES string of the molecule is CCO[Si](Cl)(Cl)C(F)=C(F)F. The average Bonchev–Trinajstić information content (AvgIpc) is 1.86. The summed E-state index contributed by atoms with van der Waals surface area (Å²) < 4.78 is 39.8. The molecule has 0 aliphatic carbocycles. The van der Waals surface area contributed by atoms with Crippen LogP contribution in [0.25, 0.3) is 0 Å². The van der Waals surface area contributed by atoms with E-state index >= 15 is 0 Å². The third-order valence-corrected chi connectivity index (χ3v) is 3.75. The Hall–Kier alpha value is 0.287. The maximum atomic E-state index is 12.3. The Morgan fingerprint density at radius 2 is 1.82 bits per heavy atom. The summed E-state index contributed by atoms with van der Waals surface area (Å²) in [5, 5.41) is 0. The zero-order chi connectivity index (χ0) is 9.07. The highest BCUT2D eigenvalue weighted by molar-refractivity contribution is 7.45. The lowest BCUT2D eigenvalue weighted by Crippen LogP contribution is -2.26. The van der Waals surface area contributed by atoms with Gasteiger partial charge in [0, 0.05) is 6.61 Å². The van der Waals surface area contributed by atoms with Crippen LogP contribution in [-0.4, -0.2) is 13.5 Å². The highest BCUT2D eigenvalue weighted by Crippen LogP contribution is 2.30. The topological polar surface area (TPSA) is 9.23 Å². The molecule has 0 atom stereocenters. The first-order valence-corrected chi connectivity index (χ1v) is 6.58. The smallest absolute Gasteiger partial charge is 0.388 e. The lowest BCUT2D eigenvalue weighted by atomic mass is 10.9. The minimum Gasteiger partial charge on any atom is -0.388 e. The first kappa shape index (κ1) is 11.3. The summed E-state index contributed by atoms with van der Waals surface area (Å²) >= 11 is 10.3. The predicted molar refractivity (Wildman–Crippen MR) is 39.4 cm³/mol. The van der Waals surface area contributed by atoms with E-state index in [0.717, 1.165) is 0 Å². The van der Waals surface area contributed by atoms with Crippen LogP contribution in [0.2, 0.25) is 0 Å². The van der Waals surface area contributed by atoms with Crippen molar-refractivity contribution in [3.05, 3.63) is 11.5 Å². The molecule has 0 spiro atoms. The molecule has 0 aromatic carbocycles. The van der Waals surface area contributed by atoms with Crippen LogP contribution in [0.4, 0.5) is 13.2 Å². The van der Waals surface area contributed by atoms with Gasteiger partial charge in [0.25, 0.3) is 0 Å². The molecule has 0 bridgehead atoms. The molecule has 0 amide bonds. The van der Waals surface area contributed by atoms with Gasteiger partial charge in [-0.1, -0.05) is 0 Å². The summed E-state index contributed by atoms with van der Waals surface area (Å²) in [5.41, 5.74) is -1.83. The van der Waals surface area contributed by atoms with Gasteiger partial charge in [-0.25, -0.2) is 4.39 Å². The summed E-state index contributed by atoms with van der Waals surface area (Å²) in [6.45, 7) is -2.48. The minimum absolute atomic E-state index is 0.0000772. The van der Waals surface area contributed by atoms with Crippen LogP contribution in [0.1, 0.15) is 6.92 Å². The van der Waals surface area contributed by atoms with Gasteiger partial charge in [-0.3, -0.25) is 0 Å². The molecule has 66 valence electrons. The molecule has 11 heavy (non-hydrogen) atoms. The summed E-state index contributed by atoms with van der Waals surface area (Å²) in [7, 11) is 0.